The fourth-order valence-corrected chi connectivity index (χ4v) is 5.26. The maximum atomic E-state index is 12.6. The number of carbonyl (C=O) groups excluding carboxylic acids is 2. The third kappa shape index (κ3) is 12.9. The Morgan fingerprint density at radius 2 is 1.15 bits per heavy atom. The van der Waals surface area contributed by atoms with Gasteiger partial charge in [-0.1, -0.05) is 64.2 Å². The second-order valence-electron chi connectivity index (χ2n) is 12.5. The number of hydrogen-bond donors (Lipinski definition) is 2. The maximum Gasteiger partial charge on any atom is 0.407 e. The third-order valence-corrected chi connectivity index (χ3v) is 6.75. The fraction of sp³-hybridized carbons (Fsp3) is 0.929. The van der Waals surface area contributed by atoms with Gasteiger partial charge in [0.1, 0.15) is 11.2 Å². The van der Waals surface area contributed by atoms with Crippen molar-refractivity contribution in [2.24, 2.45) is 11.8 Å². The highest BCUT2D eigenvalue weighted by atomic mass is 16.6. The molecule has 0 saturated heterocycles. The van der Waals surface area contributed by atoms with Gasteiger partial charge in [0.05, 0.1) is 0 Å². The number of carbonyl (C=O) groups is 2. The molecule has 0 bridgehead atoms. The van der Waals surface area contributed by atoms with Gasteiger partial charge in [-0.15, -0.1) is 0 Å². The summed E-state index contributed by atoms with van der Waals surface area (Å²) in [6.45, 7) is 11.2. The van der Waals surface area contributed by atoms with Crippen molar-refractivity contribution >= 4 is 12.2 Å². The molecule has 2 amide bonds. The highest BCUT2D eigenvalue weighted by molar-refractivity contribution is 5.68. The molecule has 0 radical (unpaired) electrons. The molecule has 6 nitrogen and oxygen atoms in total. The molecule has 1 unspecified atom stereocenters. The van der Waals surface area contributed by atoms with Gasteiger partial charge >= 0.3 is 12.2 Å². The van der Waals surface area contributed by atoms with Crippen molar-refractivity contribution in [3.05, 3.63) is 0 Å². The van der Waals surface area contributed by atoms with Crippen LogP contribution in [0.15, 0.2) is 0 Å². The molecule has 2 saturated carbocycles. The van der Waals surface area contributed by atoms with Crippen LogP contribution in [-0.2, 0) is 9.47 Å². The van der Waals surface area contributed by atoms with E-state index in [1.807, 2.05) is 41.5 Å². The Bertz CT molecular complexity index is 646. The zero-order valence-electron chi connectivity index (χ0n) is 23.7. The van der Waals surface area contributed by atoms with Crippen molar-refractivity contribution in [1.29, 1.82) is 0 Å². The summed E-state index contributed by atoms with van der Waals surface area (Å²) >= 11 is 0. The number of nitrogens with one attached hydrogen (secondary N) is 2. The zero-order valence-corrected chi connectivity index (χ0v) is 22.7. The van der Waals surface area contributed by atoms with Crippen molar-refractivity contribution in [3.8, 4) is 0 Å². The summed E-state index contributed by atoms with van der Waals surface area (Å²) in [5.74, 6) is 0.894. The lowest BCUT2D eigenvalue weighted by molar-refractivity contribution is 0.0460. The normalized spacial score (nSPS) is 21.6. The van der Waals surface area contributed by atoms with E-state index in [1.165, 1.54) is 38.5 Å². The maximum absolute atomic E-state index is 12.6. The minimum Gasteiger partial charge on any atom is -0.444 e. The first kappa shape index (κ1) is 27.1. The van der Waals surface area contributed by atoms with Crippen LogP contribution in [0.5, 0.6) is 0 Å². The highest BCUT2D eigenvalue weighted by Gasteiger charge is 2.27. The summed E-state index contributed by atoms with van der Waals surface area (Å²) < 4.78 is 20.1. The van der Waals surface area contributed by atoms with E-state index in [9.17, 15) is 9.59 Å². The molecule has 2 N–H and O–H groups in total. The largest absolute Gasteiger partial charge is 0.444 e. The van der Waals surface area contributed by atoms with Gasteiger partial charge in [0.25, 0.3) is 0 Å². The van der Waals surface area contributed by atoms with Crippen LogP contribution in [0.4, 0.5) is 9.59 Å². The van der Waals surface area contributed by atoms with E-state index in [2.05, 4.69) is 10.6 Å². The van der Waals surface area contributed by atoms with Crippen LogP contribution in [0.1, 0.15) is 133 Å². The summed E-state index contributed by atoms with van der Waals surface area (Å²) in [6.07, 6.45) is 12.9. The number of ether oxygens (including phenoxy) is 2. The van der Waals surface area contributed by atoms with Crippen LogP contribution in [0.2, 0.25) is 0 Å². The van der Waals surface area contributed by atoms with Gasteiger partial charge in [-0.2, -0.15) is 0 Å². The van der Waals surface area contributed by atoms with Crippen molar-refractivity contribution in [2.75, 3.05) is 0 Å². The Kier molecular flexibility index (Phi) is 10.8. The lowest BCUT2D eigenvalue weighted by Gasteiger charge is -2.31. The summed E-state index contributed by atoms with van der Waals surface area (Å²) in [7, 11) is 0. The molecule has 0 spiro atoms. The fourth-order valence-electron chi connectivity index (χ4n) is 5.26. The lowest BCUT2D eigenvalue weighted by Crippen LogP contribution is -2.43. The molecule has 2 aliphatic rings. The van der Waals surface area contributed by atoms with Gasteiger partial charge in [-0.3, -0.25) is 0 Å². The predicted octanol–water partition coefficient (Wildman–Crippen LogP) is 7.49. The van der Waals surface area contributed by atoms with Crippen LogP contribution < -0.4 is 10.6 Å². The first-order valence-electron chi connectivity index (χ1n) is 14.3. The van der Waals surface area contributed by atoms with Gasteiger partial charge in [-0.25, -0.2) is 9.59 Å². The van der Waals surface area contributed by atoms with Crippen molar-refractivity contribution < 1.29 is 20.4 Å². The molecular weight excluding hydrogens is 428 g/mol. The monoisotopic (exact) mass is 481 g/mol. The standard InChI is InChI=1S/C28H52N2O4/c1-27(2,3)33-25(31)29-23(19-21-13-9-7-10-14-21)17-18-24(20-22-15-11-8-12-16-22)30-26(32)34-28(4,5)6/h21-24H,7-20H2,1-6H3,(H,29,31)(H,30,32)/t23-,24-/m0/s1/i19D/t19?,23-,24-. The second-order valence-corrected chi connectivity index (χ2v) is 12.5. The molecule has 34 heavy (non-hydrogen) atoms. The third-order valence-electron chi connectivity index (χ3n) is 6.75. The molecule has 0 aromatic rings. The van der Waals surface area contributed by atoms with Crippen LogP contribution >= 0.6 is 0 Å². The molecule has 0 aliphatic heterocycles. The number of rotatable bonds is 9. The number of alkyl carbamates (subject to hydrolysis) is 2. The summed E-state index contributed by atoms with van der Waals surface area (Å²) in [4.78, 5) is 25.3. The minimum atomic E-state index is -0.585. The van der Waals surface area contributed by atoms with E-state index in [0.29, 0.717) is 24.7 Å². The first-order valence-corrected chi connectivity index (χ1v) is 13.7. The van der Waals surface area contributed by atoms with Gasteiger partial charge < -0.3 is 20.1 Å². The average Bonchev–Trinajstić information content (AvgIpc) is 2.74. The quantitative estimate of drug-likeness (QED) is 0.357. The molecule has 0 heterocycles. The predicted molar refractivity (Wildman–Crippen MR) is 138 cm³/mol. The van der Waals surface area contributed by atoms with Crippen LogP contribution in [-0.4, -0.2) is 35.5 Å². The van der Waals surface area contributed by atoms with E-state index in [0.717, 1.165) is 32.1 Å². The summed E-state index contributed by atoms with van der Waals surface area (Å²) in [5.41, 5.74) is -1.13. The number of hydrogen-bond acceptors (Lipinski definition) is 4. The smallest absolute Gasteiger partial charge is 0.407 e. The van der Waals surface area contributed by atoms with Crippen LogP contribution in [0.3, 0.4) is 0 Å². The molecule has 2 rings (SSSR count). The Hall–Kier alpha value is -1.46. The minimum absolute atomic E-state index is 0.0329. The molecule has 3 atom stereocenters. The average molecular weight is 482 g/mol. The molecule has 2 aliphatic carbocycles. The van der Waals surface area contributed by atoms with Gasteiger partial charge in [0.2, 0.25) is 0 Å². The molecule has 198 valence electrons. The zero-order chi connectivity index (χ0) is 26.1. The van der Waals surface area contributed by atoms with Crippen molar-refractivity contribution in [2.45, 2.75) is 155 Å². The molecule has 6 heteroatoms. The van der Waals surface area contributed by atoms with Gasteiger partial charge in [0.15, 0.2) is 0 Å². The van der Waals surface area contributed by atoms with E-state index >= 15 is 0 Å². The number of amides is 2. The van der Waals surface area contributed by atoms with Crippen LogP contribution in [0, 0.1) is 11.8 Å². The van der Waals surface area contributed by atoms with E-state index in [1.54, 1.807) is 0 Å². The summed E-state index contributed by atoms with van der Waals surface area (Å²) in [5, 5.41) is 6.15. The summed E-state index contributed by atoms with van der Waals surface area (Å²) in [6, 6.07) is -0.336. The van der Waals surface area contributed by atoms with E-state index in [-0.39, 0.29) is 24.6 Å². The Morgan fingerprint density at radius 1 is 0.735 bits per heavy atom. The van der Waals surface area contributed by atoms with Crippen molar-refractivity contribution in [3.63, 3.8) is 0 Å². The van der Waals surface area contributed by atoms with Gasteiger partial charge in [-0.05, 0) is 79.0 Å². The molecule has 2 fully saturated rings. The Morgan fingerprint density at radius 3 is 1.62 bits per heavy atom. The molecule has 0 aromatic heterocycles. The Labute approximate surface area is 210 Å². The first-order chi connectivity index (χ1) is 16.3. The topological polar surface area (TPSA) is 76.7 Å². The van der Waals surface area contributed by atoms with Crippen molar-refractivity contribution in [1.82, 2.24) is 10.6 Å². The second kappa shape index (κ2) is 13.6. The SMILES string of the molecule is [2H]C(C1CCCCC1)[C@H](CC[C@@H](CC1CCCCC1)NC(=O)OC(C)(C)C)NC(=O)OC(C)(C)C. The highest BCUT2D eigenvalue weighted by Crippen LogP contribution is 2.31. The van der Waals surface area contributed by atoms with E-state index < -0.39 is 17.3 Å². The lowest BCUT2D eigenvalue weighted by atomic mass is 9.82. The Balaban J connectivity index is 2.08. The van der Waals surface area contributed by atoms with Gasteiger partial charge in [0, 0.05) is 13.5 Å². The molecule has 0 aromatic carbocycles. The van der Waals surface area contributed by atoms with E-state index in [4.69, 9.17) is 10.8 Å². The van der Waals surface area contributed by atoms with Crippen LogP contribution in [0.25, 0.3) is 0 Å². The molecular formula is C28H52N2O4.